The molecule has 0 fully saturated rings. The molecule has 0 bridgehead atoms. The van der Waals surface area contributed by atoms with Crippen molar-refractivity contribution in [2.24, 2.45) is 0 Å². The lowest BCUT2D eigenvalue weighted by Crippen LogP contribution is -2.20. The van der Waals surface area contributed by atoms with E-state index in [9.17, 15) is 18.0 Å². The molecule has 8 heteroatoms. The van der Waals surface area contributed by atoms with Gasteiger partial charge in [0.25, 0.3) is 5.56 Å². The molecular formula is C13H8Cl2F3NO2. The summed E-state index contributed by atoms with van der Waals surface area (Å²) < 4.78 is 38.5. The first-order valence-electron chi connectivity index (χ1n) is 5.63. The minimum absolute atomic E-state index is 0.0495. The molecule has 0 radical (unpaired) electrons. The summed E-state index contributed by atoms with van der Waals surface area (Å²) in [6.45, 7) is -0.304. The summed E-state index contributed by atoms with van der Waals surface area (Å²) in [6.07, 6.45) is -3.65. The Morgan fingerprint density at radius 1 is 1.14 bits per heavy atom. The second kappa shape index (κ2) is 5.71. The Balaban J connectivity index is 2.61. The van der Waals surface area contributed by atoms with Crippen molar-refractivity contribution in [2.75, 3.05) is 0 Å². The van der Waals surface area contributed by atoms with Gasteiger partial charge < -0.3 is 5.11 Å². The van der Waals surface area contributed by atoms with Gasteiger partial charge in [-0.3, -0.25) is 9.36 Å². The van der Waals surface area contributed by atoms with Crippen molar-refractivity contribution in [1.29, 1.82) is 0 Å². The van der Waals surface area contributed by atoms with Gasteiger partial charge in [-0.1, -0.05) is 23.2 Å². The Bertz CT molecular complexity index is 718. The number of benzene rings is 1. The van der Waals surface area contributed by atoms with Crippen LogP contribution in [0.5, 0.6) is 0 Å². The summed E-state index contributed by atoms with van der Waals surface area (Å²) >= 11 is 11.9. The topological polar surface area (TPSA) is 42.2 Å². The van der Waals surface area contributed by atoms with Crippen LogP contribution in [-0.4, -0.2) is 9.67 Å². The SMILES string of the molecule is O=c1cc(C(F)(F)F)ccn1-c1c(Cl)cc(CO)cc1Cl. The van der Waals surface area contributed by atoms with E-state index < -0.39 is 17.3 Å². The first-order valence-corrected chi connectivity index (χ1v) is 6.38. The molecule has 0 unspecified atom stereocenters. The number of aromatic nitrogens is 1. The van der Waals surface area contributed by atoms with Gasteiger partial charge >= 0.3 is 6.18 Å². The molecule has 0 spiro atoms. The number of aliphatic hydroxyl groups is 1. The van der Waals surface area contributed by atoms with Gasteiger partial charge in [0.2, 0.25) is 0 Å². The number of halogens is 5. The highest BCUT2D eigenvalue weighted by Crippen LogP contribution is 2.31. The van der Waals surface area contributed by atoms with Crippen LogP contribution >= 0.6 is 23.2 Å². The molecule has 3 nitrogen and oxygen atoms in total. The maximum absolute atomic E-state index is 12.5. The molecule has 1 heterocycles. The molecule has 1 aromatic carbocycles. The Labute approximate surface area is 127 Å². The van der Waals surface area contributed by atoms with Crippen LogP contribution in [0, 0.1) is 0 Å². The number of rotatable bonds is 2. The van der Waals surface area contributed by atoms with Crippen LogP contribution in [0.3, 0.4) is 0 Å². The average molecular weight is 338 g/mol. The second-order valence-corrected chi connectivity index (χ2v) is 5.00. The summed E-state index contributed by atoms with van der Waals surface area (Å²) in [5, 5.41) is 9.12. The summed E-state index contributed by atoms with van der Waals surface area (Å²) in [5.74, 6) is 0. The number of alkyl halides is 3. The van der Waals surface area contributed by atoms with Crippen molar-refractivity contribution in [3.05, 3.63) is 62.0 Å². The van der Waals surface area contributed by atoms with Crippen LogP contribution in [0.25, 0.3) is 5.69 Å². The highest BCUT2D eigenvalue weighted by atomic mass is 35.5. The third-order valence-corrected chi connectivity index (χ3v) is 3.32. The van der Waals surface area contributed by atoms with Crippen molar-refractivity contribution in [2.45, 2.75) is 12.8 Å². The van der Waals surface area contributed by atoms with Crippen LogP contribution in [0.1, 0.15) is 11.1 Å². The van der Waals surface area contributed by atoms with Gasteiger partial charge in [0, 0.05) is 12.3 Å². The molecule has 112 valence electrons. The van der Waals surface area contributed by atoms with E-state index in [-0.39, 0.29) is 22.3 Å². The van der Waals surface area contributed by atoms with Gasteiger partial charge in [-0.05, 0) is 23.8 Å². The molecule has 0 aliphatic heterocycles. The first-order chi connectivity index (χ1) is 9.74. The third-order valence-electron chi connectivity index (χ3n) is 2.75. The lowest BCUT2D eigenvalue weighted by Gasteiger charge is -2.13. The van der Waals surface area contributed by atoms with Crippen molar-refractivity contribution < 1.29 is 18.3 Å². The van der Waals surface area contributed by atoms with Gasteiger partial charge in [-0.2, -0.15) is 13.2 Å². The van der Waals surface area contributed by atoms with Gasteiger partial charge in [-0.15, -0.1) is 0 Å². The summed E-state index contributed by atoms with van der Waals surface area (Å²) in [4.78, 5) is 11.8. The Morgan fingerprint density at radius 3 is 2.14 bits per heavy atom. The monoisotopic (exact) mass is 337 g/mol. The maximum atomic E-state index is 12.5. The fourth-order valence-electron chi connectivity index (χ4n) is 1.78. The molecule has 1 aromatic heterocycles. The van der Waals surface area contributed by atoms with Crippen LogP contribution in [0.15, 0.2) is 35.3 Å². The molecule has 21 heavy (non-hydrogen) atoms. The average Bonchev–Trinajstić information content (AvgIpc) is 2.38. The van der Waals surface area contributed by atoms with Crippen LogP contribution in [0.2, 0.25) is 10.0 Å². The van der Waals surface area contributed by atoms with Crippen molar-refractivity contribution in [3.8, 4) is 5.69 Å². The molecule has 0 saturated carbocycles. The van der Waals surface area contributed by atoms with E-state index in [2.05, 4.69) is 0 Å². The molecule has 0 atom stereocenters. The van der Waals surface area contributed by atoms with Gasteiger partial charge in [-0.25, -0.2) is 0 Å². The minimum atomic E-state index is -4.60. The lowest BCUT2D eigenvalue weighted by atomic mass is 10.2. The number of pyridine rings is 1. The molecule has 0 amide bonds. The zero-order valence-corrected chi connectivity index (χ0v) is 11.8. The van der Waals surface area contributed by atoms with Crippen LogP contribution in [-0.2, 0) is 12.8 Å². The zero-order valence-electron chi connectivity index (χ0n) is 10.3. The summed E-state index contributed by atoms with van der Waals surface area (Å²) in [7, 11) is 0. The van der Waals surface area contributed by atoms with Crippen molar-refractivity contribution in [3.63, 3.8) is 0 Å². The number of hydrogen-bond donors (Lipinski definition) is 1. The third kappa shape index (κ3) is 3.23. The zero-order chi connectivity index (χ0) is 15.8. The summed E-state index contributed by atoms with van der Waals surface area (Å²) in [6, 6.07) is 3.99. The molecule has 0 saturated heterocycles. The number of nitrogens with zero attached hydrogens (tertiary/aromatic N) is 1. The molecule has 2 aromatic rings. The van der Waals surface area contributed by atoms with E-state index in [1.165, 1.54) is 12.1 Å². The molecule has 2 rings (SSSR count). The Morgan fingerprint density at radius 2 is 1.71 bits per heavy atom. The van der Waals surface area contributed by atoms with E-state index in [4.69, 9.17) is 28.3 Å². The molecular weight excluding hydrogens is 330 g/mol. The molecule has 0 aliphatic carbocycles. The van der Waals surface area contributed by atoms with E-state index >= 15 is 0 Å². The fourth-order valence-corrected chi connectivity index (χ4v) is 2.49. The number of aliphatic hydroxyl groups excluding tert-OH is 1. The minimum Gasteiger partial charge on any atom is -0.392 e. The molecule has 0 aliphatic rings. The smallest absolute Gasteiger partial charge is 0.392 e. The van der Waals surface area contributed by atoms with Gasteiger partial charge in [0.05, 0.1) is 27.9 Å². The fraction of sp³-hybridized carbons (Fsp3) is 0.154. The van der Waals surface area contributed by atoms with E-state index in [0.29, 0.717) is 11.6 Å². The van der Waals surface area contributed by atoms with Gasteiger partial charge in [0.1, 0.15) is 0 Å². The Hall–Kier alpha value is -1.50. The summed E-state index contributed by atoms with van der Waals surface area (Å²) in [5.41, 5.74) is -1.48. The Kier molecular flexibility index (Phi) is 4.32. The predicted octanol–water partition coefficient (Wildman–Crippen LogP) is 3.66. The maximum Gasteiger partial charge on any atom is 0.416 e. The first kappa shape index (κ1) is 15.9. The highest BCUT2D eigenvalue weighted by molar-refractivity contribution is 6.37. The van der Waals surface area contributed by atoms with Crippen LogP contribution in [0.4, 0.5) is 13.2 Å². The highest BCUT2D eigenvalue weighted by Gasteiger charge is 2.31. The van der Waals surface area contributed by atoms with Crippen molar-refractivity contribution in [1.82, 2.24) is 4.57 Å². The number of hydrogen-bond acceptors (Lipinski definition) is 2. The van der Waals surface area contributed by atoms with E-state index in [1.54, 1.807) is 0 Å². The largest absolute Gasteiger partial charge is 0.416 e. The van der Waals surface area contributed by atoms with Crippen LogP contribution < -0.4 is 5.56 Å². The molecule has 1 N–H and O–H groups in total. The predicted molar refractivity (Wildman–Crippen MR) is 73.0 cm³/mol. The van der Waals surface area contributed by atoms with Crippen molar-refractivity contribution >= 4 is 23.2 Å². The normalized spacial score (nSPS) is 11.7. The van der Waals surface area contributed by atoms with E-state index in [0.717, 1.165) is 16.8 Å². The van der Waals surface area contributed by atoms with Gasteiger partial charge in [0.15, 0.2) is 0 Å². The quantitative estimate of drug-likeness (QED) is 0.908. The second-order valence-electron chi connectivity index (χ2n) is 4.19. The standard InChI is InChI=1S/C13H8Cl2F3NO2/c14-9-3-7(6-20)4-10(15)12(9)19-2-1-8(5-11(19)21)13(16,17)18/h1-5,20H,6H2. The lowest BCUT2D eigenvalue weighted by molar-refractivity contribution is -0.137. The van der Waals surface area contributed by atoms with E-state index in [1.807, 2.05) is 0 Å².